The van der Waals surface area contributed by atoms with Crippen LogP contribution in [0.5, 0.6) is 5.75 Å². The highest BCUT2D eigenvalue weighted by Gasteiger charge is 2.31. The quantitative estimate of drug-likeness (QED) is 0.315. The first-order valence-corrected chi connectivity index (χ1v) is 11.5. The molecule has 1 saturated carbocycles. The molecule has 0 spiro atoms. The molecule has 0 radical (unpaired) electrons. The van der Waals surface area contributed by atoms with Crippen molar-refractivity contribution < 1.29 is 9.53 Å². The molecule has 2 heterocycles. The molecule has 8 heteroatoms. The van der Waals surface area contributed by atoms with Gasteiger partial charge in [-0.05, 0) is 31.4 Å². The van der Waals surface area contributed by atoms with Crippen LogP contribution in [-0.2, 0) is 11.2 Å². The third-order valence-corrected chi connectivity index (χ3v) is 6.37. The highest BCUT2D eigenvalue weighted by atomic mass is 127. The predicted molar refractivity (Wildman–Crippen MR) is 134 cm³/mol. The maximum atomic E-state index is 12.4. The second-order valence-electron chi connectivity index (χ2n) is 8.49. The largest absolute Gasteiger partial charge is 0.488 e. The summed E-state index contributed by atoms with van der Waals surface area (Å²) in [6.07, 6.45) is 4.43. The van der Waals surface area contributed by atoms with E-state index in [9.17, 15) is 4.79 Å². The monoisotopic (exact) mass is 541 g/mol. The van der Waals surface area contributed by atoms with Crippen molar-refractivity contribution in [3.63, 3.8) is 0 Å². The lowest BCUT2D eigenvalue weighted by molar-refractivity contribution is -0.139. The van der Waals surface area contributed by atoms with Gasteiger partial charge in [0.05, 0.1) is 6.54 Å². The van der Waals surface area contributed by atoms with Crippen LogP contribution in [0.1, 0.15) is 31.7 Å². The lowest BCUT2D eigenvalue weighted by atomic mass is 9.84. The number of halogens is 1. The van der Waals surface area contributed by atoms with Crippen molar-refractivity contribution in [3.8, 4) is 5.75 Å². The number of para-hydroxylation sites is 1. The molecule has 172 valence electrons. The van der Waals surface area contributed by atoms with Gasteiger partial charge in [0, 0.05) is 58.2 Å². The fourth-order valence-corrected chi connectivity index (χ4v) is 4.33. The Bertz CT molecular complexity index is 722. The smallest absolute Gasteiger partial charge is 0.225 e. The van der Waals surface area contributed by atoms with E-state index in [0.717, 1.165) is 76.8 Å². The number of fused-ring (bicyclic) bond motifs is 1. The molecule has 1 aliphatic carbocycles. The standard InChI is InChI=1S/C23H35N5O2.HI/c1-2-24-23(26-17-20-16-19-6-3-4-9-21(19)30-20)25-10-11-27-12-14-28(15-13-27)22(29)18-7-5-8-18;/h3-4,6,9,18,20H,2,5,7-8,10-17H2,1H3,(H2,24,25,26);1H. The van der Waals surface area contributed by atoms with E-state index in [1.54, 1.807) is 0 Å². The molecule has 1 unspecified atom stereocenters. The molecular weight excluding hydrogens is 505 g/mol. The van der Waals surface area contributed by atoms with Crippen LogP contribution in [0.15, 0.2) is 29.3 Å². The molecule has 1 aromatic rings. The average molecular weight is 541 g/mol. The lowest BCUT2D eigenvalue weighted by Crippen LogP contribution is -2.52. The maximum Gasteiger partial charge on any atom is 0.225 e. The summed E-state index contributed by atoms with van der Waals surface area (Å²) in [4.78, 5) is 21.6. The Kier molecular flexibility index (Phi) is 9.25. The van der Waals surface area contributed by atoms with E-state index >= 15 is 0 Å². The minimum atomic E-state index is 0. The average Bonchev–Trinajstić information content (AvgIpc) is 3.14. The van der Waals surface area contributed by atoms with Crippen LogP contribution in [0.3, 0.4) is 0 Å². The molecule has 0 aromatic heterocycles. The van der Waals surface area contributed by atoms with Crippen LogP contribution in [0.4, 0.5) is 0 Å². The van der Waals surface area contributed by atoms with Gasteiger partial charge in [0.25, 0.3) is 0 Å². The van der Waals surface area contributed by atoms with Crippen LogP contribution < -0.4 is 15.4 Å². The first-order chi connectivity index (χ1) is 14.7. The Hall–Kier alpha value is -1.55. The summed E-state index contributed by atoms with van der Waals surface area (Å²) < 4.78 is 5.99. The van der Waals surface area contributed by atoms with Gasteiger partial charge in [-0.3, -0.25) is 9.69 Å². The van der Waals surface area contributed by atoms with Crippen LogP contribution in [-0.4, -0.2) is 80.1 Å². The van der Waals surface area contributed by atoms with Crippen molar-refractivity contribution in [1.29, 1.82) is 0 Å². The minimum Gasteiger partial charge on any atom is -0.488 e. The number of nitrogens with one attached hydrogen (secondary N) is 2. The number of carbonyl (C=O) groups is 1. The van der Waals surface area contributed by atoms with Gasteiger partial charge >= 0.3 is 0 Å². The highest BCUT2D eigenvalue weighted by molar-refractivity contribution is 14.0. The summed E-state index contributed by atoms with van der Waals surface area (Å²) in [5.74, 6) is 2.53. The molecule has 0 bridgehead atoms. The molecular formula is C23H36IN5O2. The van der Waals surface area contributed by atoms with Gasteiger partial charge in [0.15, 0.2) is 5.96 Å². The van der Waals surface area contributed by atoms with E-state index in [1.807, 2.05) is 12.1 Å². The second-order valence-corrected chi connectivity index (χ2v) is 8.49. The van der Waals surface area contributed by atoms with Crippen molar-refractivity contribution in [3.05, 3.63) is 29.8 Å². The normalized spacial score (nSPS) is 21.5. The van der Waals surface area contributed by atoms with E-state index in [4.69, 9.17) is 9.73 Å². The fourth-order valence-electron chi connectivity index (χ4n) is 4.33. The minimum absolute atomic E-state index is 0. The van der Waals surface area contributed by atoms with Crippen LogP contribution in [0.2, 0.25) is 0 Å². The molecule has 1 atom stereocenters. The number of guanidine groups is 1. The predicted octanol–water partition coefficient (Wildman–Crippen LogP) is 2.11. The number of benzene rings is 1. The number of rotatable bonds is 7. The number of aliphatic imine (C=N–C) groups is 1. The second kappa shape index (κ2) is 11.9. The Balaban J connectivity index is 0.00000272. The van der Waals surface area contributed by atoms with Gasteiger partial charge in [-0.2, -0.15) is 0 Å². The molecule has 7 nitrogen and oxygen atoms in total. The molecule has 31 heavy (non-hydrogen) atoms. The van der Waals surface area contributed by atoms with Crippen LogP contribution in [0, 0.1) is 5.92 Å². The van der Waals surface area contributed by atoms with Crippen molar-refractivity contribution in [1.82, 2.24) is 20.4 Å². The summed E-state index contributed by atoms with van der Waals surface area (Å²) in [5.41, 5.74) is 1.27. The Labute approximate surface area is 203 Å². The molecule has 1 amide bonds. The summed E-state index contributed by atoms with van der Waals surface area (Å²) in [6.45, 7) is 9.01. The van der Waals surface area contributed by atoms with E-state index < -0.39 is 0 Å². The number of amides is 1. The summed E-state index contributed by atoms with van der Waals surface area (Å²) in [5, 5.41) is 6.77. The summed E-state index contributed by atoms with van der Waals surface area (Å²) in [7, 11) is 0. The number of carbonyl (C=O) groups excluding carboxylic acids is 1. The molecule has 1 saturated heterocycles. The zero-order valence-electron chi connectivity index (χ0n) is 18.5. The third-order valence-electron chi connectivity index (χ3n) is 6.37. The fraction of sp³-hybridized carbons (Fsp3) is 0.652. The van der Waals surface area contributed by atoms with Crippen molar-refractivity contribution in [2.45, 2.75) is 38.7 Å². The third kappa shape index (κ3) is 6.47. The Morgan fingerprint density at radius 1 is 1.16 bits per heavy atom. The molecule has 2 N–H and O–H groups in total. The van der Waals surface area contributed by atoms with Crippen molar-refractivity contribution in [2.24, 2.45) is 10.9 Å². The molecule has 1 aromatic carbocycles. The summed E-state index contributed by atoms with van der Waals surface area (Å²) in [6, 6.07) is 8.23. The lowest BCUT2D eigenvalue weighted by Gasteiger charge is -2.38. The SMILES string of the molecule is CCNC(=NCC1Cc2ccccc2O1)NCCN1CCN(C(=O)C2CCC2)CC1.I. The summed E-state index contributed by atoms with van der Waals surface area (Å²) >= 11 is 0. The number of hydrogen-bond acceptors (Lipinski definition) is 4. The van der Waals surface area contributed by atoms with E-state index in [0.29, 0.717) is 18.4 Å². The van der Waals surface area contributed by atoms with Gasteiger partial charge in [0.1, 0.15) is 11.9 Å². The first kappa shape index (κ1) is 24.1. The van der Waals surface area contributed by atoms with E-state index in [2.05, 4.69) is 39.5 Å². The number of hydrogen-bond donors (Lipinski definition) is 2. The van der Waals surface area contributed by atoms with Gasteiger partial charge in [0.2, 0.25) is 5.91 Å². The van der Waals surface area contributed by atoms with Gasteiger partial charge in [-0.25, -0.2) is 4.99 Å². The van der Waals surface area contributed by atoms with Gasteiger partial charge in [-0.1, -0.05) is 24.6 Å². The zero-order chi connectivity index (χ0) is 20.8. The Morgan fingerprint density at radius 3 is 2.61 bits per heavy atom. The van der Waals surface area contributed by atoms with E-state index in [-0.39, 0.29) is 30.1 Å². The Morgan fingerprint density at radius 2 is 1.94 bits per heavy atom. The topological polar surface area (TPSA) is 69.2 Å². The molecule has 4 rings (SSSR count). The van der Waals surface area contributed by atoms with Gasteiger partial charge in [-0.15, -0.1) is 24.0 Å². The molecule has 3 aliphatic rings. The maximum absolute atomic E-state index is 12.4. The highest BCUT2D eigenvalue weighted by Crippen LogP contribution is 2.29. The first-order valence-electron chi connectivity index (χ1n) is 11.5. The van der Waals surface area contributed by atoms with Gasteiger partial charge < -0.3 is 20.3 Å². The number of ether oxygens (including phenoxy) is 1. The van der Waals surface area contributed by atoms with Crippen molar-refractivity contribution >= 4 is 35.8 Å². The molecule has 2 aliphatic heterocycles. The van der Waals surface area contributed by atoms with E-state index in [1.165, 1.54) is 12.0 Å². The number of piperazine rings is 1. The molecule has 2 fully saturated rings. The zero-order valence-corrected chi connectivity index (χ0v) is 20.8. The number of nitrogens with zero attached hydrogens (tertiary/aromatic N) is 3. The van der Waals surface area contributed by atoms with Crippen LogP contribution >= 0.6 is 24.0 Å². The van der Waals surface area contributed by atoms with Crippen molar-refractivity contribution in [2.75, 3.05) is 52.4 Å². The van der Waals surface area contributed by atoms with Crippen LogP contribution in [0.25, 0.3) is 0 Å².